The van der Waals surface area contributed by atoms with Gasteiger partial charge in [0, 0.05) is 25.2 Å². The maximum absolute atomic E-state index is 5.24. The predicted octanol–water partition coefficient (Wildman–Crippen LogP) is 1.15. The van der Waals surface area contributed by atoms with Gasteiger partial charge in [-0.2, -0.15) is 15.0 Å². The van der Waals surface area contributed by atoms with E-state index in [1.165, 1.54) is 7.11 Å². The molecule has 8 nitrogen and oxygen atoms in total. The number of nitrogens with one attached hydrogen (secondary N) is 1. The summed E-state index contributed by atoms with van der Waals surface area (Å²) in [6.45, 7) is 4.37. The minimum absolute atomic E-state index is 0.236. The molecule has 0 aliphatic rings. The number of nitrogens with zero attached hydrogens (tertiary/aromatic N) is 5. The monoisotopic (exact) mass is 268 g/mol. The van der Waals surface area contributed by atoms with Gasteiger partial charge in [-0.25, -0.2) is 0 Å². The molecule has 0 atom stereocenters. The third-order valence-corrected chi connectivity index (χ3v) is 2.50. The number of anilines is 1. The molecule has 0 bridgehead atoms. The summed E-state index contributed by atoms with van der Waals surface area (Å²) in [5.74, 6) is 0.938. The van der Waals surface area contributed by atoms with Gasteiger partial charge in [-0.1, -0.05) is 0 Å². The van der Waals surface area contributed by atoms with Crippen molar-refractivity contribution in [2.75, 3.05) is 19.0 Å². The average molecular weight is 268 g/mol. The Morgan fingerprint density at radius 2 is 2.11 bits per heavy atom. The van der Waals surface area contributed by atoms with E-state index in [1.54, 1.807) is 6.92 Å². The Hall–Kier alpha value is -1.90. The standard InChI is InChI=1S/C9H12N6O2S/c1-4-10-6-11-7(16-3)13-8(12-6)18-9-15-14-5(2)17-9/h4H2,1-3H3,(H,10,11,12,13). The normalized spacial score (nSPS) is 10.4. The first kappa shape index (κ1) is 12.6. The minimum Gasteiger partial charge on any atom is -0.467 e. The largest absolute Gasteiger partial charge is 0.467 e. The molecule has 0 fully saturated rings. The summed E-state index contributed by atoms with van der Waals surface area (Å²) >= 11 is 1.16. The lowest BCUT2D eigenvalue weighted by Crippen LogP contribution is -2.05. The molecule has 0 aliphatic carbocycles. The van der Waals surface area contributed by atoms with Crippen molar-refractivity contribution in [2.45, 2.75) is 24.2 Å². The van der Waals surface area contributed by atoms with E-state index < -0.39 is 0 Å². The maximum Gasteiger partial charge on any atom is 0.321 e. The fraction of sp³-hybridized carbons (Fsp3) is 0.444. The number of aryl methyl sites for hydroxylation is 1. The Morgan fingerprint density at radius 3 is 2.72 bits per heavy atom. The highest BCUT2D eigenvalue weighted by Gasteiger charge is 2.11. The van der Waals surface area contributed by atoms with Crippen molar-refractivity contribution in [3.63, 3.8) is 0 Å². The number of ether oxygens (including phenoxy) is 1. The molecule has 0 radical (unpaired) electrons. The molecule has 18 heavy (non-hydrogen) atoms. The smallest absolute Gasteiger partial charge is 0.321 e. The lowest BCUT2D eigenvalue weighted by atomic mass is 10.7. The zero-order valence-corrected chi connectivity index (χ0v) is 11.0. The Bertz CT molecular complexity index is 532. The van der Waals surface area contributed by atoms with Gasteiger partial charge in [-0.05, 0) is 6.92 Å². The zero-order chi connectivity index (χ0) is 13.0. The lowest BCUT2D eigenvalue weighted by molar-refractivity contribution is 0.373. The fourth-order valence-electron chi connectivity index (χ4n) is 1.11. The van der Waals surface area contributed by atoms with Crippen molar-refractivity contribution in [1.29, 1.82) is 0 Å². The molecule has 2 heterocycles. The summed E-state index contributed by atoms with van der Waals surface area (Å²) in [6, 6.07) is 0.236. The topological polar surface area (TPSA) is 98.9 Å². The SMILES string of the molecule is CCNc1nc(OC)nc(Sc2nnc(C)o2)n1. The van der Waals surface area contributed by atoms with Gasteiger partial charge in [0.25, 0.3) is 5.22 Å². The molecule has 0 aliphatic heterocycles. The molecule has 0 spiro atoms. The van der Waals surface area contributed by atoms with Gasteiger partial charge >= 0.3 is 6.01 Å². The molecule has 9 heteroatoms. The summed E-state index contributed by atoms with van der Waals surface area (Å²) in [5, 5.41) is 11.4. The van der Waals surface area contributed by atoms with Crippen LogP contribution in [0, 0.1) is 6.92 Å². The summed E-state index contributed by atoms with van der Waals surface area (Å²) < 4.78 is 10.2. The highest BCUT2D eigenvalue weighted by atomic mass is 32.2. The molecule has 0 amide bonds. The van der Waals surface area contributed by atoms with Crippen LogP contribution in [-0.4, -0.2) is 38.8 Å². The summed E-state index contributed by atoms with van der Waals surface area (Å²) in [4.78, 5) is 12.3. The zero-order valence-electron chi connectivity index (χ0n) is 10.2. The Labute approximate surface area is 108 Å². The van der Waals surface area contributed by atoms with E-state index in [0.29, 0.717) is 28.8 Å². The van der Waals surface area contributed by atoms with Gasteiger partial charge in [0.05, 0.1) is 7.11 Å². The van der Waals surface area contributed by atoms with Crippen molar-refractivity contribution in [1.82, 2.24) is 25.1 Å². The van der Waals surface area contributed by atoms with Crippen molar-refractivity contribution in [3.05, 3.63) is 5.89 Å². The Morgan fingerprint density at radius 1 is 1.28 bits per heavy atom. The highest BCUT2D eigenvalue weighted by Crippen LogP contribution is 2.24. The number of aromatic nitrogens is 5. The fourth-order valence-corrected chi connectivity index (χ4v) is 1.77. The molecule has 96 valence electrons. The van der Waals surface area contributed by atoms with Crippen molar-refractivity contribution >= 4 is 17.7 Å². The van der Waals surface area contributed by atoms with E-state index >= 15 is 0 Å². The molecule has 0 unspecified atom stereocenters. The highest BCUT2D eigenvalue weighted by molar-refractivity contribution is 7.98. The van der Waals surface area contributed by atoms with Gasteiger partial charge < -0.3 is 14.5 Å². The molecule has 1 N–H and O–H groups in total. The second kappa shape index (κ2) is 5.63. The third kappa shape index (κ3) is 3.06. The van der Waals surface area contributed by atoms with E-state index in [0.717, 1.165) is 11.8 Å². The maximum atomic E-state index is 5.24. The number of methoxy groups -OCH3 is 1. The molecular weight excluding hydrogens is 256 g/mol. The first-order valence-electron chi connectivity index (χ1n) is 5.23. The first-order valence-corrected chi connectivity index (χ1v) is 6.04. The van der Waals surface area contributed by atoms with Crippen LogP contribution in [0.2, 0.25) is 0 Å². The number of rotatable bonds is 5. The van der Waals surface area contributed by atoms with Crippen LogP contribution in [0.5, 0.6) is 6.01 Å². The third-order valence-electron chi connectivity index (χ3n) is 1.80. The molecule has 2 aromatic rings. The van der Waals surface area contributed by atoms with E-state index in [9.17, 15) is 0 Å². The van der Waals surface area contributed by atoms with Gasteiger partial charge in [0.1, 0.15) is 0 Å². The van der Waals surface area contributed by atoms with Crippen LogP contribution in [0.15, 0.2) is 14.8 Å². The minimum atomic E-state index is 0.236. The van der Waals surface area contributed by atoms with Crippen LogP contribution >= 0.6 is 11.8 Å². The summed E-state index contributed by atoms with van der Waals surface area (Å²) in [7, 11) is 1.50. The van der Waals surface area contributed by atoms with Crippen molar-refractivity contribution in [3.8, 4) is 6.01 Å². The predicted molar refractivity (Wildman–Crippen MR) is 63.7 cm³/mol. The lowest BCUT2D eigenvalue weighted by Gasteiger charge is -2.04. The number of hydrogen-bond acceptors (Lipinski definition) is 9. The van der Waals surface area contributed by atoms with E-state index in [4.69, 9.17) is 9.15 Å². The molecule has 0 aromatic carbocycles. The van der Waals surface area contributed by atoms with E-state index in [-0.39, 0.29) is 6.01 Å². The second-order valence-corrected chi connectivity index (χ2v) is 4.07. The van der Waals surface area contributed by atoms with Gasteiger partial charge in [0.2, 0.25) is 17.0 Å². The van der Waals surface area contributed by atoms with Gasteiger partial charge in [0.15, 0.2) is 0 Å². The Balaban J connectivity index is 2.23. The van der Waals surface area contributed by atoms with E-state index in [2.05, 4.69) is 30.5 Å². The molecule has 2 aromatic heterocycles. The van der Waals surface area contributed by atoms with Crippen LogP contribution in [0.25, 0.3) is 0 Å². The van der Waals surface area contributed by atoms with Crippen LogP contribution in [-0.2, 0) is 0 Å². The second-order valence-electron chi connectivity index (χ2n) is 3.15. The summed E-state index contributed by atoms with van der Waals surface area (Å²) in [6.07, 6.45) is 0. The quantitative estimate of drug-likeness (QED) is 0.855. The molecule has 2 rings (SSSR count). The molecule has 0 saturated heterocycles. The van der Waals surface area contributed by atoms with Crippen molar-refractivity contribution < 1.29 is 9.15 Å². The van der Waals surface area contributed by atoms with Gasteiger partial charge in [-0.15, -0.1) is 10.2 Å². The van der Waals surface area contributed by atoms with Crippen LogP contribution < -0.4 is 10.1 Å². The van der Waals surface area contributed by atoms with Crippen LogP contribution in [0.1, 0.15) is 12.8 Å². The molecular formula is C9H12N6O2S. The van der Waals surface area contributed by atoms with Crippen LogP contribution in [0.3, 0.4) is 0 Å². The number of hydrogen-bond donors (Lipinski definition) is 1. The summed E-state index contributed by atoms with van der Waals surface area (Å²) in [5.41, 5.74) is 0. The van der Waals surface area contributed by atoms with Crippen LogP contribution in [0.4, 0.5) is 5.95 Å². The molecule has 0 saturated carbocycles. The van der Waals surface area contributed by atoms with Crippen molar-refractivity contribution in [2.24, 2.45) is 0 Å². The first-order chi connectivity index (χ1) is 8.71. The Kier molecular flexibility index (Phi) is 3.92. The average Bonchev–Trinajstić information content (AvgIpc) is 2.75. The van der Waals surface area contributed by atoms with E-state index in [1.807, 2.05) is 6.92 Å². The van der Waals surface area contributed by atoms with Gasteiger partial charge in [-0.3, -0.25) is 0 Å².